The molecule has 0 aromatic rings. The van der Waals surface area contributed by atoms with Gasteiger partial charge in [-0.05, 0) is 51.4 Å². The van der Waals surface area contributed by atoms with Crippen LogP contribution in [0.5, 0.6) is 0 Å². The first-order valence-electron chi connectivity index (χ1n) is 9.44. The highest BCUT2D eigenvalue weighted by molar-refractivity contribution is 4.81. The molecule has 2 heteroatoms. The van der Waals surface area contributed by atoms with Crippen LogP contribution < -0.4 is 0 Å². The summed E-state index contributed by atoms with van der Waals surface area (Å²) in [4.78, 5) is 0. The molecule has 1 aliphatic carbocycles. The number of ether oxygens (including phenoxy) is 1. The Morgan fingerprint density at radius 1 is 1.05 bits per heavy atom. The van der Waals surface area contributed by atoms with Crippen molar-refractivity contribution in [3.63, 3.8) is 0 Å². The number of hydrogen-bond donors (Lipinski definition) is 0. The molecule has 1 fully saturated rings. The summed E-state index contributed by atoms with van der Waals surface area (Å²) in [5.41, 5.74) is 0. The van der Waals surface area contributed by atoms with Gasteiger partial charge in [-0.2, -0.15) is 0 Å². The van der Waals surface area contributed by atoms with Gasteiger partial charge in [0.25, 0.3) is 0 Å². The molecular weight excluding hydrogens is 258 g/mol. The molecule has 21 heavy (non-hydrogen) atoms. The summed E-state index contributed by atoms with van der Waals surface area (Å²) in [6.07, 6.45) is 5.76. The molecule has 126 valence electrons. The van der Waals surface area contributed by atoms with E-state index in [2.05, 4.69) is 41.5 Å². The largest absolute Gasteiger partial charge is 0.378 e. The van der Waals surface area contributed by atoms with Crippen molar-refractivity contribution in [2.24, 2.45) is 17.8 Å². The molecule has 0 unspecified atom stereocenters. The van der Waals surface area contributed by atoms with Gasteiger partial charge in [-0.3, -0.25) is 0 Å². The highest BCUT2D eigenvalue weighted by Crippen LogP contribution is 2.35. The van der Waals surface area contributed by atoms with E-state index in [0.717, 1.165) is 24.4 Å². The van der Waals surface area contributed by atoms with Gasteiger partial charge in [0, 0.05) is 6.42 Å². The minimum Gasteiger partial charge on any atom is -0.378 e. The molecule has 1 saturated carbocycles. The highest BCUT2D eigenvalue weighted by atomic mass is 16.5. The molecule has 3 atom stereocenters. The molecule has 0 amide bonds. The van der Waals surface area contributed by atoms with Crippen molar-refractivity contribution in [2.45, 2.75) is 73.3 Å². The maximum absolute atomic E-state index is 6.35. The van der Waals surface area contributed by atoms with Crippen molar-refractivity contribution < 1.29 is 9.22 Å². The number of quaternary nitrogens is 1. The average Bonchev–Trinajstić information content (AvgIpc) is 2.48. The van der Waals surface area contributed by atoms with Crippen LogP contribution in [0.3, 0.4) is 0 Å². The lowest BCUT2D eigenvalue weighted by Crippen LogP contribution is -2.48. The minimum absolute atomic E-state index is 0.514. The van der Waals surface area contributed by atoms with Gasteiger partial charge >= 0.3 is 0 Å². The Balaban J connectivity index is 2.38. The molecule has 0 bridgehead atoms. The topological polar surface area (TPSA) is 9.23 Å². The van der Waals surface area contributed by atoms with Crippen LogP contribution in [0, 0.1) is 17.8 Å². The molecule has 0 aromatic carbocycles. The second-order valence-corrected chi connectivity index (χ2v) is 7.60. The summed E-state index contributed by atoms with van der Waals surface area (Å²) in [5, 5.41) is 0. The third-order valence-electron chi connectivity index (χ3n) is 6.08. The lowest BCUT2D eigenvalue weighted by molar-refractivity contribution is -0.923. The summed E-state index contributed by atoms with van der Waals surface area (Å²) in [6, 6.07) is 0. The van der Waals surface area contributed by atoms with Gasteiger partial charge in [-0.1, -0.05) is 27.2 Å². The molecule has 0 spiro atoms. The minimum atomic E-state index is 0.514. The molecule has 0 heterocycles. The predicted octanol–water partition coefficient (Wildman–Crippen LogP) is 4.73. The average molecular weight is 299 g/mol. The monoisotopic (exact) mass is 298 g/mol. The van der Waals surface area contributed by atoms with E-state index in [1.54, 1.807) is 0 Å². The van der Waals surface area contributed by atoms with E-state index in [1.165, 1.54) is 56.3 Å². The van der Waals surface area contributed by atoms with Crippen LogP contribution >= 0.6 is 0 Å². The molecular formula is C19H40NO+. The van der Waals surface area contributed by atoms with Crippen LogP contribution in [0.15, 0.2) is 0 Å². The van der Waals surface area contributed by atoms with Crippen molar-refractivity contribution in [3.8, 4) is 0 Å². The standard InChI is InChI=1S/C19H40NO/c1-7-20(8-2,9-3)13-10-14-21-19-15-17(6)11-12-18(19)16(4)5/h16-19H,7-15H2,1-6H3/q+1/t17-,18+,19-/m1/s1. The van der Waals surface area contributed by atoms with Crippen molar-refractivity contribution >= 4 is 0 Å². The Labute approximate surface area is 133 Å². The Morgan fingerprint density at radius 3 is 2.19 bits per heavy atom. The Hall–Kier alpha value is -0.0800. The summed E-state index contributed by atoms with van der Waals surface area (Å²) in [7, 11) is 0. The van der Waals surface area contributed by atoms with Crippen LogP contribution in [0.1, 0.15) is 67.2 Å². The van der Waals surface area contributed by atoms with Crippen LogP contribution in [0.4, 0.5) is 0 Å². The van der Waals surface area contributed by atoms with E-state index < -0.39 is 0 Å². The second kappa shape index (κ2) is 9.15. The van der Waals surface area contributed by atoms with E-state index in [9.17, 15) is 0 Å². The van der Waals surface area contributed by atoms with E-state index in [4.69, 9.17) is 4.74 Å². The molecule has 0 aliphatic heterocycles. The Kier molecular flexibility index (Phi) is 8.26. The molecule has 0 aromatic heterocycles. The highest BCUT2D eigenvalue weighted by Gasteiger charge is 2.31. The van der Waals surface area contributed by atoms with Crippen molar-refractivity contribution in [1.29, 1.82) is 0 Å². The first-order valence-corrected chi connectivity index (χ1v) is 9.44. The third-order valence-corrected chi connectivity index (χ3v) is 6.08. The third kappa shape index (κ3) is 5.56. The van der Waals surface area contributed by atoms with Crippen molar-refractivity contribution in [3.05, 3.63) is 0 Å². The zero-order valence-corrected chi connectivity index (χ0v) is 15.5. The van der Waals surface area contributed by atoms with Crippen molar-refractivity contribution in [2.75, 3.05) is 32.8 Å². The molecule has 0 N–H and O–H groups in total. The van der Waals surface area contributed by atoms with Crippen LogP contribution in [-0.4, -0.2) is 43.4 Å². The molecule has 2 nitrogen and oxygen atoms in total. The lowest BCUT2D eigenvalue weighted by Gasteiger charge is -2.38. The summed E-state index contributed by atoms with van der Waals surface area (Å²) in [5.74, 6) is 2.39. The first kappa shape index (κ1) is 19.0. The van der Waals surface area contributed by atoms with E-state index in [1.807, 2.05) is 0 Å². The lowest BCUT2D eigenvalue weighted by atomic mass is 9.75. The van der Waals surface area contributed by atoms with Gasteiger partial charge in [0.2, 0.25) is 0 Å². The van der Waals surface area contributed by atoms with Gasteiger partial charge < -0.3 is 9.22 Å². The summed E-state index contributed by atoms with van der Waals surface area (Å²) in [6.45, 7) is 20.1. The SMILES string of the molecule is CC[N+](CC)(CC)CCCO[C@@H]1C[C@H](C)CC[C@H]1C(C)C. The normalized spacial score (nSPS) is 27.3. The molecule has 0 saturated heterocycles. The second-order valence-electron chi connectivity index (χ2n) is 7.60. The Bertz CT molecular complexity index is 264. The summed E-state index contributed by atoms with van der Waals surface area (Å²) < 4.78 is 7.59. The maximum atomic E-state index is 6.35. The van der Waals surface area contributed by atoms with Gasteiger partial charge in [0.15, 0.2) is 0 Å². The maximum Gasteiger partial charge on any atom is 0.0808 e. The zero-order chi connectivity index (χ0) is 15.9. The predicted molar refractivity (Wildman–Crippen MR) is 92.5 cm³/mol. The van der Waals surface area contributed by atoms with Gasteiger partial charge in [0.1, 0.15) is 0 Å². The molecule has 1 rings (SSSR count). The van der Waals surface area contributed by atoms with E-state index in [-0.39, 0.29) is 0 Å². The van der Waals surface area contributed by atoms with Crippen LogP contribution in [0.2, 0.25) is 0 Å². The van der Waals surface area contributed by atoms with Crippen LogP contribution in [0.25, 0.3) is 0 Å². The van der Waals surface area contributed by atoms with Gasteiger partial charge in [0.05, 0.1) is 38.9 Å². The van der Waals surface area contributed by atoms with E-state index >= 15 is 0 Å². The fourth-order valence-corrected chi connectivity index (χ4v) is 4.09. The molecule has 1 aliphatic rings. The zero-order valence-electron chi connectivity index (χ0n) is 15.5. The van der Waals surface area contributed by atoms with E-state index in [0.29, 0.717) is 6.10 Å². The quantitative estimate of drug-likeness (QED) is 0.442. The summed E-state index contributed by atoms with van der Waals surface area (Å²) >= 11 is 0. The van der Waals surface area contributed by atoms with Gasteiger partial charge in [-0.25, -0.2) is 0 Å². The number of hydrogen-bond acceptors (Lipinski definition) is 1. The number of nitrogens with zero attached hydrogens (tertiary/aromatic N) is 1. The van der Waals surface area contributed by atoms with Gasteiger partial charge in [-0.15, -0.1) is 0 Å². The van der Waals surface area contributed by atoms with Crippen molar-refractivity contribution in [1.82, 2.24) is 0 Å². The molecule has 0 radical (unpaired) electrons. The first-order chi connectivity index (χ1) is 9.98. The fraction of sp³-hybridized carbons (Fsp3) is 1.00. The fourth-order valence-electron chi connectivity index (χ4n) is 4.09. The Morgan fingerprint density at radius 2 is 1.67 bits per heavy atom. The van der Waals surface area contributed by atoms with Crippen LogP contribution in [-0.2, 0) is 4.74 Å². The number of rotatable bonds is 9. The smallest absolute Gasteiger partial charge is 0.0808 e.